The number of rotatable bonds is 5. The van der Waals surface area contributed by atoms with E-state index >= 15 is 0 Å². The number of hydrogen-bond acceptors (Lipinski definition) is 6. The molecule has 0 atom stereocenters. The summed E-state index contributed by atoms with van der Waals surface area (Å²) in [6.45, 7) is 6.53. The van der Waals surface area contributed by atoms with E-state index in [0.29, 0.717) is 6.54 Å². The Hall–Kier alpha value is -3.30. The van der Waals surface area contributed by atoms with E-state index in [1.54, 1.807) is 6.07 Å². The summed E-state index contributed by atoms with van der Waals surface area (Å²) < 4.78 is 53.1. The first-order chi connectivity index (χ1) is 14.0. The summed E-state index contributed by atoms with van der Waals surface area (Å²) in [6.07, 6.45) is -2.61. The first kappa shape index (κ1) is 21.4. The SMILES string of the molecule is CC(C)(C)CNc1nc(Nc2cncc(C(F)(F)F)c2)nc(-c2ccccc2F)n1. The van der Waals surface area contributed by atoms with Crippen molar-refractivity contribution >= 4 is 17.6 Å². The van der Waals surface area contributed by atoms with Crippen molar-refractivity contribution in [2.75, 3.05) is 17.2 Å². The topological polar surface area (TPSA) is 75.6 Å². The van der Waals surface area contributed by atoms with Gasteiger partial charge in [-0.2, -0.15) is 28.1 Å². The smallest absolute Gasteiger partial charge is 0.354 e. The Kier molecular flexibility index (Phi) is 5.86. The lowest BCUT2D eigenvalue weighted by molar-refractivity contribution is -0.137. The molecule has 0 radical (unpaired) electrons. The van der Waals surface area contributed by atoms with Crippen molar-refractivity contribution in [3.05, 3.63) is 54.1 Å². The van der Waals surface area contributed by atoms with E-state index in [1.807, 2.05) is 20.8 Å². The molecule has 0 aliphatic rings. The summed E-state index contributed by atoms with van der Waals surface area (Å²) in [5.74, 6) is -0.361. The largest absolute Gasteiger partial charge is 0.417 e. The van der Waals surface area contributed by atoms with Crippen LogP contribution in [0.4, 0.5) is 35.1 Å². The second-order valence-electron chi connectivity index (χ2n) is 7.79. The van der Waals surface area contributed by atoms with Gasteiger partial charge in [-0.25, -0.2) is 4.39 Å². The zero-order valence-electron chi connectivity index (χ0n) is 16.5. The van der Waals surface area contributed by atoms with E-state index in [4.69, 9.17) is 0 Å². The van der Waals surface area contributed by atoms with Crippen molar-refractivity contribution in [2.45, 2.75) is 26.9 Å². The minimum atomic E-state index is -4.54. The highest BCUT2D eigenvalue weighted by molar-refractivity contribution is 5.61. The molecule has 2 heterocycles. The number of benzene rings is 1. The molecule has 0 fully saturated rings. The lowest BCUT2D eigenvalue weighted by atomic mass is 9.97. The standard InChI is InChI=1S/C20H20F4N6/c1-19(2,3)11-26-17-28-16(14-6-4-5-7-15(14)21)29-18(30-17)27-13-8-12(9-25-10-13)20(22,23)24/h4-10H,11H2,1-3H3,(H2,26,27,28,29,30). The first-order valence-corrected chi connectivity index (χ1v) is 9.05. The molecule has 158 valence electrons. The fourth-order valence-electron chi connectivity index (χ4n) is 2.41. The van der Waals surface area contributed by atoms with Crippen LogP contribution in [0, 0.1) is 11.2 Å². The molecular formula is C20H20F4N6. The van der Waals surface area contributed by atoms with E-state index in [-0.39, 0.29) is 34.4 Å². The molecule has 0 spiro atoms. The van der Waals surface area contributed by atoms with Gasteiger partial charge in [0.25, 0.3) is 0 Å². The minimum absolute atomic E-state index is 0.0391. The van der Waals surface area contributed by atoms with Crippen LogP contribution < -0.4 is 10.6 Å². The quantitative estimate of drug-likeness (QED) is 0.546. The summed E-state index contributed by atoms with van der Waals surface area (Å²) in [7, 11) is 0. The average molecular weight is 420 g/mol. The molecule has 0 amide bonds. The van der Waals surface area contributed by atoms with Gasteiger partial charge >= 0.3 is 6.18 Å². The normalized spacial score (nSPS) is 12.0. The highest BCUT2D eigenvalue weighted by Gasteiger charge is 2.31. The maximum absolute atomic E-state index is 14.2. The van der Waals surface area contributed by atoms with Crippen LogP contribution in [0.25, 0.3) is 11.4 Å². The summed E-state index contributed by atoms with van der Waals surface area (Å²) in [5.41, 5.74) is -0.827. The fourth-order valence-corrected chi connectivity index (χ4v) is 2.41. The molecule has 0 saturated carbocycles. The van der Waals surface area contributed by atoms with Crippen molar-refractivity contribution < 1.29 is 17.6 Å². The maximum Gasteiger partial charge on any atom is 0.417 e. The Labute approximate surface area is 170 Å². The summed E-state index contributed by atoms with van der Waals surface area (Å²) in [5, 5.41) is 5.75. The number of anilines is 3. The Balaban J connectivity index is 1.99. The van der Waals surface area contributed by atoms with Crippen molar-refractivity contribution in [1.29, 1.82) is 0 Å². The van der Waals surface area contributed by atoms with Crippen LogP contribution in [-0.2, 0) is 6.18 Å². The van der Waals surface area contributed by atoms with E-state index in [9.17, 15) is 17.6 Å². The van der Waals surface area contributed by atoms with E-state index in [2.05, 4.69) is 30.6 Å². The van der Waals surface area contributed by atoms with E-state index < -0.39 is 17.6 Å². The molecular weight excluding hydrogens is 400 g/mol. The molecule has 6 nitrogen and oxygen atoms in total. The van der Waals surface area contributed by atoms with E-state index in [0.717, 1.165) is 12.3 Å². The van der Waals surface area contributed by atoms with Crippen LogP contribution in [0.1, 0.15) is 26.3 Å². The van der Waals surface area contributed by atoms with Crippen molar-refractivity contribution in [3.8, 4) is 11.4 Å². The molecule has 0 aliphatic carbocycles. The maximum atomic E-state index is 14.2. The predicted molar refractivity (Wildman–Crippen MR) is 106 cm³/mol. The first-order valence-electron chi connectivity index (χ1n) is 9.05. The lowest BCUT2D eigenvalue weighted by Gasteiger charge is -2.19. The van der Waals surface area contributed by atoms with Gasteiger partial charge in [-0.05, 0) is 23.6 Å². The van der Waals surface area contributed by atoms with E-state index in [1.165, 1.54) is 24.4 Å². The van der Waals surface area contributed by atoms with Gasteiger partial charge in [-0.1, -0.05) is 32.9 Å². The van der Waals surface area contributed by atoms with Crippen LogP contribution in [0.2, 0.25) is 0 Å². The van der Waals surface area contributed by atoms with Crippen LogP contribution in [0.5, 0.6) is 0 Å². The molecule has 2 aromatic heterocycles. The number of nitrogens with one attached hydrogen (secondary N) is 2. The zero-order valence-corrected chi connectivity index (χ0v) is 16.5. The molecule has 0 aliphatic heterocycles. The zero-order chi connectivity index (χ0) is 21.9. The number of halogens is 4. The van der Waals surface area contributed by atoms with Gasteiger partial charge in [0.15, 0.2) is 5.82 Å². The second kappa shape index (κ2) is 8.21. The number of hydrogen-bond donors (Lipinski definition) is 2. The molecule has 0 saturated heterocycles. The highest BCUT2D eigenvalue weighted by Crippen LogP contribution is 2.30. The molecule has 10 heteroatoms. The van der Waals surface area contributed by atoms with Gasteiger partial charge in [-0.15, -0.1) is 0 Å². The molecule has 0 unspecified atom stereocenters. The monoisotopic (exact) mass is 420 g/mol. The lowest BCUT2D eigenvalue weighted by Crippen LogP contribution is -2.21. The Morgan fingerprint density at radius 2 is 1.63 bits per heavy atom. The third-order valence-electron chi connectivity index (χ3n) is 3.85. The average Bonchev–Trinajstić information content (AvgIpc) is 2.66. The van der Waals surface area contributed by atoms with Gasteiger partial charge < -0.3 is 10.6 Å². The third kappa shape index (κ3) is 5.62. The number of pyridine rings is 1. The molecule has 2 N–H and O–H groups in total. The summed E-state index contributed by atoms with van der Waals surface area (Å²) in [6, 6.07) is 6.83. The van der Waals surface area contributed by atoms with Crippen LogP contribution in [0.15, 0.2) is 42.7 Å². The minimum Gasteiger partial charge on any atom is -0.354 e. The molecule has 3 aromatic rings. The number of nitrogens with zero attached hydrogens (tertiary/aromatic N) is 4. The summed E-state index contributed by atoms with van der Waals surface area (Å²) in [4.78, 5) is 16.2. The summed E-state index contributed by atoms with van der Waals surface area (Å²) >= 11 is 0. The predicted octanol–water partition coefficient (Wildman–Crippen LogP) is 5.29. The second-order valence-corrected chi connectivity index (χ2v) is 7.79. The molecule has 3 rings (SSSR count). The molecule has 0 bridgehead atoms. The third-order valence-corrected chi connectivity index (χ3v) is 3.85. The van der Waals surface area contributed by atoms with Crippen molar-refractivity contribution in [3.63, 3.8) is 0 Å². The van der Waals surface area contributed by atoms with Gasteiger partial charge in [-0.3, -0.25) is 4.98 Å². The number of alkyl halides is 3. The van der Waals surface area contributed by atoms with Gasteiger partial charge in [0.1, 0.15) is 5.82 Å². The van der Waals surface area contributed by atoms with Crippen molar-refractivity contribution in [2.24, 2.45) is 5.41 Å². The number of aromatic nitrogens is 4. The van der Waals surface area contributed by atoms with Crippen LogP contribution >= 0.6 is 0 Å². The van der Waals surface area contributed by atoms with Gasteiger partial charge in [0, 0.05) is 12.7 Å². The highest BCUT2D eigenvalue weighted by atomic mass is 19.4. The Bertz CT molecular complexity index is 1030. The van der Waals surface area contributed by atoms with Crippen LogP contribution in [-0.4, -0.2) is 26.5 Å². The van der Waals surface area contributed by atoms with Gasteiger partial charge in [0.05, 0.1) is 23.0 Å². The van der Waals surface area contributed by atoms with Gasteiger partial charge in [0.2, 0.25) is 11.9 Å². The molecule has 1 aromatic carbocycles. The van der Waals surface area contributed by atoms with Crippen molar-refractivity contribution in [1.82, 2.24) is 19.9 Å². The van der Waals surface area contributed by atoms with Crippen LogP contribution in [0.3, 0.4) is 0 Å². The Morgan fingerprint density at radius 3 is 2.30 bits per heavy atom. The Morgan fingerprint density at radius 1 is 0.933 bits per heavy atom. The molecule has 30 heavy (non-hydrogen) atoms. The fraction of sp³-hybridized carbons (Fsp3) is 0.300.